The van der Waals surface area contributed by atoms with Crippen molar-refractivity contribution in [3.8, 4) is 0 Å². The first kappa shape index (κ1) is 11.8. The van der Waals surface area contributed by atoms with Gasteiger partial charge in [0.25, 0.3) is 0 Å². The Hall–Kier alpha value is -0.710. The fraction of sp³-hybridized carbons (Fsp3) is 0.250. The van der Waals surface area contributed by atoms with Crippen LogP contribution in [-0.4, -0.2) is 10.1 Å². The van der Waals surface area contributed by atoms with Crippen LogP contribution in [0, 0.1) is 6.92 Å². The number of thiophene rings is 1. The molecule has 0 amide bonds. The van der Waals surface area contributed by atoms with E-state index in [1.807, 2.05) is 30.5 Å². The first-order chi connectivity index (χ1) is 7.66. The Morgan fingerprint density at radius 3 is 3.00 bits per heavy atom. The lowest BCUT2D eigenvalue weighted by Crippen LogP contribution is -2.03. The van der Waals surface area contributed by atoms with Gasteiger partial charge in [-0.2, -0.15) is 0 Å². The third-order valence-corrected chi connectivity index (χ3v) is 4.00. The fourth-order valence-electron chi connectivity index (χ4n) is 1.53. The zero-order chi connectivity index (χ0) is 11.5. The number of aliphatic hydroxyl groups excluding tert-OH is 1. The molecule has 0 aliphatic carbocycles. The summed E-state index contributed by atoms with van der Waals surface area (Å²) in [6, 6.07) is 5.87. The Kier molecular flexibility index (Phi) is 3.74. The summed E-state index contributed by atoms with van der Waals surface area (Å²) >= 11 is 4.98. The molecule has 0 spiro atoms. The van der Waals surface area contributed by atoms with Gasteiger partial charge in [0, 0.05) is 18.3 Å². The minimum absolute atomic E-state index is 0.476. The maximum Gasteiger partial charge on any atom is 0.0854 e. The Morgan fingerprint density at radius 2 is 2.38 bits per heavy atom. The molecule has 2 heterocycles. The number of hydrogen-bond donors (Lipinski definition) is 1. The number of nitrogens with zero attached hydrogens (tertiary/aromatic N) is 1. The Labute approximate surface area is 107 Å². The predicted molar refractivity (Wildman–Crippen MR) is 69.7 cm³/mol. The molecule has 0 saturated heterocycles. The second kappa shape index (κ2) is 5.08. The highest BCUT2D eigenvalue weighted by molar-refractivity contribution is 9.11. The number of halogens is 1. The summed E-state index contributed by atoms with van der Waals surface area (Å²) in [6.07, 6.45) is 1.85. The Morgan fingerprint density at radius 1 is 1.56 bits per heavy atom. The Balaban J connectivity index is 2.13. The highest BCUT2D eigenvalue weighted by Crippen LogP contribution is 2.27. The molecule has 0 fully saturated rings. The third-order valence-electron chi connectivity index (χ3n) is 2.48. The van der Waals surface area contributed by atoms with Gasteiger partial charge in [0.2, 0.25) is 0 Å². The van der Waals surface area contributed by atoms with Crippen LogP contribution >= 0.6 is 27.3 Å². The van der Waals surface area contributed by atoms with Gasteiger partial charge in [-0.1, -0.05) is 6.07 Å². The van der Waals surface area contributed by atoms with Crippen molar-refractivity contribution in [1.82, 2.24) is 4.98 Å². The molecule has 2 aromatic heterocycles. The molecule has 16 heavy (non-hydrogen) atoms. The maximum atomic E-state index is 10.1. The molecule has 1 atom stereocenters. The number of rotatable bonds is 3. The van der Waals surface area contributed by atoms with Crippen LogP contribution < -0.4 is 0 Å². The van der Waals surface area contributed by atoms with E-state index in [-0.39, 0.29) is 0 Å². The van der Waals surface area contributed by atoms with Gasteiger partial charge in [0.05, 0.1) is 9.89 Å². The summed E-state index contributed by atoms with van der Waals surface area (Å²) < 4.78 is 1.04. The van der Waals surface area contributed by atoms with Crippen LogP contribution in [0.3, 0.4) is 0 Å². The van der Waals surface area contributed by atoms with Crippen LogP contribution in [0.25, 0.3) is 0 Å². The normalized spacial score (nSPS) is 12.7. The van der Waals surface area contributed by atoms with Gasteiger partial charge in [0.1, 0.15) is 0 Å². The van der Waals surface area contributed by atoms with E-state index < -0.39 is 6.10 Å². The lowest BCUT2D eigenvalue weighted by atomic mass is 10.1. The summed E-state index contributed by atoms with van der Waals surface area (Å²) in [4.78, 5) is 4.28. The molecule has 84 valence electrons. The summed E-state index contributed by atoms with van der Waals surface area (Å²) in [5, 5.41) is 12.0. The second-order valence-corrected chi connectivity index (χ2v) is 5.96. The van der Waals surface area contributed by atoms with Crippen LogP contribution in [0.1, 0.15) is 22.9 Å². The van der Waals surface area contributed by atoms with Gasteiger partial charge >= 0.3 is 0 Å². The molecule has 2 nitrogen and oxygen atoms in total. The zero-order valence-corrected chi connectivity index (χ0v) is 11.3. The third kappa shape index (κ3) is 2.70. The van der Waals surface area contributed by atoms with E-state index in [0.29, 0.717) is 6.42 Å². The van der Waals surface area contributed by atoms with Gasteiger partial charge in [-0.25, -0.2) is 0 Å². The lowest BCUT2D eigenvalue weighted by molar-refractivity contribution is 0.177. The molecular formula is C12H12BrNOS. The van der Waals surface area contributed by atoms with Gasteiger partial charge in [-0.3, -0.25) is 4.98 Å². The average molecular weight is 298 g/mol. The minimum Gasteiger partial charge on any atom is -0.388 e. The first-order valence-electron chi connectivity index (χ1n) is 4.99. The molecule has 2 aromatic rings. The molecule has 2 rings (SSSR count). The van der Waals surface area contributed by atoms with Crippen molar-refractivity contribution in [3.05, 3.63) is 50.4 Å². The zero-order valence-electron chi connectivity index (χ0n) is 8.85. The predicted octanol–water partition coefficient (Wildman–Crippen LogP) is 3.49. The molecule has 0 aliphatic heterocycles. The summed E-state index contributed by atoms with van der Waals surface area (Å²) in [5.41, 5.74) is 3.02. The lowest BCUT2D eigenvalue weighted by Gasteiger charge is -2.09. The number of aromatic nitrogens is 1. The molecular weight excluding hydrogens is 286 g/mol. The van der Waals surface area contributed by atoms with Crippen molar-refractivity contribution in [1.29, 1.82) is 0 Å². The van der Waals surface area contributed by atoms with Crippen molar-refractivity contribution in [2.24, 2.45) is 0 Å². The van der Waals surface area contributed by atoms with E-state index in [1.165, 1.54) is 0 Å². The molecule has 1 N–H and O–H groups in total. The van der Waals surface area contributed by atoms with Gasteiger partial charge < -0.3 is 5.11 Å². The number of aliphatic hydroxyl groups is 1. The quantitative estimate of drug-likeness (QED) is 0.941. The fourth-order valence-corrected chi connectivity index (χ4v) is 2.75. The standard InChI is InChI=1S/C12H12BrNOS/c1-8-3-2-4-14-10(8)6-11(15)9-5-12(13)16-7-9/h2-5,7,11,15H,6H2,1H3. The van der Waals surface area contributed by atoms with E-state index in [4.69, 9.17) is 0 Å². The maximum absolute atomic E-state index is 10.1. The second-order valence-electron chi connectivity index (χ2n) is 3.67. The van der Waals surface area contributed by atoms with Crippen LogP contribution in [0.2, 0.25) is 0 Å². The highest BCUT2D eigenvalue weighted by Gasteiger charge is 2.12. The van der Waals surface area contributed by atoms with Crippen molar-refractivity contribution in [3.63, 3.8) is 0 Å². The molecule has 1 unspecified atom stereocenters. The van der Waals surface area contributed by atoms with E-state index >= 15 is 0 Å². The molecule has 4 heteroatoms. The number of pyridine rings is 1. The SMILES string of the molecule is Cc1cccnc1CC(O)c1csc(Br)c1. The molecule has 0 saturated carbocycles. The molecule has 0 aliphatic rings. The van der Waals surface area contributed by atoms with Crippen LogP contribution in [0.15, 0.2) is 33.6 Å². The van der Waals surface area contributed by atoms with Crippen LogP contribution in [-0.2, 0) is 6.42 Å². The first-order valence-corrected chi connectivity index (χ1v) is 6.66. The summed E-state index contributed by atoms with van der Waals surface area (Å²) in [6.45, 7) is 2.01. The monoisotopic (exact) mass is 297 g/mol. The van der Waals surface area contributed by atoms with Crippen LogP contribution in [0.5, 0.6) is 0 Å². The molecule has 0 radical (unpaired) electrons. The van der Waals surface area contributed by atoms with Crippen molar-refractivity contribution < 1.29 is 5.11 Å². The smallest absolute Gasteiger partial charge is 0.0854 e. The number of hydrogen-bond acceptors (Lipinski definition) is 3. The average Bonchev–Trinajstić information content (AvgIpc) is 2.68. The van der Waals surface area contributed by atoms with Crippen LogP contribution in [0.4, 0.5) is 0 Å². The molecule has 0 aromatic carbocycles. The topological polar surface area (TPSA) is 33.1 Å². The minimum atomic E-state index is -0.476. The summed E-state index contributed by atoms with van der Waals surface area (Å²) in [7, 11) is 0. The van der Waals surface area contributed by atoms with Gasteiger partial charge in [-0.05, 0) is 51.5 Å². The van der Waals surface area contributed by atoms with Gasteiger partial charge in [-0.15, -0.1) is 11.3 Å². The summed E-state index contributed by atoms with van der Waals surface area (Å²) in [5.74, 6) is 0. The van der Waals surface area contributed by atoms with E-state index in [0.717, 1.165) is 20.6 Å². The van der Waals surface area contributed by atoms with E-state index in [1.54, 1.807) is 17.5 Å². The van der Waals surface area contributed by atoms with E-state index in [9.17, 15) is 5.11 Å². The Bertz CT molecular complexity index is 483. The van der Waals surface area contributed by atoms with Crippen molar-refractivity contribution in [2.45, 2.75) is 19.4 Å². The highest BCUT2D eigenvalue weighted by atomic mass is 79.9. The van der Waals surface area contributed by atoms with Crippen molar-refractivity contribution >= 4 is 27.3 Å². The largest absolute Gasteiger partial charge is 0.388 e. The van der Waals surface area contributed by atoms with Crippen molar-refractivity contribution in [2.75, 3.05) is 0 Å². The number of aryl methyl sites for hydroxylation is 1. The van der Waals surface area contributed by atoms with Gasteiger partial charge in [0.15, 0.2) is 0 Å². The van der Waals surface area contributed by atoms with E-state index in [2.05, 4.69) is 20.9 Å². The molecule has 0 bridgehead atoms.